The van der Waals surface area contributed by atoms with Crippen molar-refractivity contribution in [1.29, 1.82) is 0 Å². The monoisotopic (exact) mass is 457 g/mol. The Balaban J connectivity index is 1.53. The summed E-state index contributed by atoms with van der Waals surface area (Å²) in [6.45, 7) is 5.36. The summed E-state index contributed by atoms with van der Waals surface area (Å²) in [5, 5.41) is 14.0. The van der Waals surface area contributed by atoms with Gasteiger partial charge in [0, 0.05) is 36.6 Å². The maximum absolute atomic E-state index is 13.0. The minimum atomic E-state index is -0.0576. The van der Waals surface area contributed by atoms with Crippen LogP contribution in [0.2, 0.25) is 0 Å². The minimum absolute atomic E-state index is 0.0246. The Labute approximate surface area is 199 Å². The molecular weight excluding hydrogens is 426 g/mol. The predicted molar refractivity (Wildman–Crippen MR) is 131 cm³/mol. The highest BCUT2D eigenvalue weighted by molar-refractivity contribution is 5.79. The van der Waals surface area contributed by atoms with E-state index >= 15 is 0 Å². The number of nitrogens with zero attached hydrogens (tertiary/aromatic N) is 6. The summed E-state index contributed by atoms with van der Waals surface area (Å²) in [4.78, 5) is 22.7. The zero-order valence-corrected chi connectivity index (χ0v) is 19.8. The molecule has 8 nitrogen and oxygen atoms in total. The van der Waals surface area contributed by atoms with Crippen molar-refractivity contribution < 1.29 is 0 Å². The van der Waals surface area contributed by atoms with Crippen LogP contribution in [0.25, 0.3) is 10.9 Å². The van der Waals surface area contributed by atoms with E-state index in [1.807, 2.05) is 35.1 Å². The van der Waals surface area contributed by atoms with Gasteiger partial charge in [-0.1, -0.05) is 37.5 Å². The molecule has 4 aromatic rings. The fourth-order valence-corrected chi connectivity index (χ4v) is 5.14. The SMILES string of the molecule is CCC(c1nnnn1C1CCCC1)N(Cc1cccnc1)Cc1cc2cc(C)ccc2[nH]c1=O. The quantitative estimate of drug-likeness (QED) is 0.419. The fraction of sp³-hybridized carbons (Fsp3) is 0.423. The van der Waals surface area contributed by atoms with E-state index in [4.69, 9.17) is 0 Å². The lowest BCUT2D eigenvalue weighted by atomic mass is 10.1. The number of benzene rings is 1. The Morgan fingerprint density at radius 3 is 2.79 bits per heavy atom. The lowest BCUT2D eigenvalue weighted by Crippen LogP contribution is -2.32. The van der Waals surface area contributed by atoms with E-state index in [-0.39, 0.29) is 11.6 Å². The zero-order chi connectivity index (χ0) is 23.5. The van der Waals surface area contributed by atoms with Crippen LogP contribution < -0.4 is 5.56 Å². The van der Waals surface area contributed by atoms with Crippen molar-refractivity contribution in [3.8, 4) is 0 Å². The zero-order valence-electron chi connectivity index (χ0n) is 19.8. The molecule has 1 atom stereocenters. The van der Waals surface area contributed by atoms with Gasteiger partial charge in [0.25, 0.3) is 5.56 Å². The molecule has 0 amide bonds. The van der Waals surface area contributed by atoms with Gasteiger partial charge in [0.2, 0.25) is 0 Å². The Kier molecular flexibility index (Phi) is 6.49. The molecule has 0 saturated heterocycles. The average molecular weight is 458 g/mol. The van der Waals surface area contributed by atoms with Gasteiger partial charge in [-0.05, 0) is 71.8 Å². The lowest BCUT2D eigenvalue weighted by molar-refractivity contribution is 0.158. The number of aryl methyl sites for hydroxylation is 1. The summed E-state index contributed by atoms with van der Waals surface area (Å²) in [5.74, 6) is 0.881. The van der Waals surface area contributed by atoms with E-state index in [0.717, 1.165) is 47.1 Å². The number of pyridine rings is 2. The van der Waals surface area contributed by atoms with E-state index in [9.17, 15) is 4.79 Å². The molecule has 176 valence electrons. The summed E-state index contributed by atoms with van der Waals surface area (Å²) in [6, 6.07) is 12.5. The first-order chi connectivity index (χ1) is 16.6. The maximum Gasteiger partial charge on any atom is 0.252 e. The third kappa shape index (κ3) is 4.63. The van der Waals surface area contributed by atoms with Gasteiger partial charge in [-0.25, -0.2) is 4.68 Å². The van der Waals surface area contributed by atoms with Crippen LogP contribution in [0.4, 0.5) is 0 Å². The van der Waals surface area contributed by atoms with Crippen molar-refractivity contribution >= 4 is 10.9 Å². The number of hydrogen-bond acceptors (Lipinski definition) is 6. The molecule has 0 aliphatic heterocycles. The highest BCUT2D eigenvalue weighted by Gasteiger charge is 2.29. The third-order valence-electron chi connectivity index (χ3n) is 6.87. The topological polar surface area (TPSA) is 92.6 Å². The lowest BCUT2D eigenvalue weighted by Gasteiger charge is -2.31. The predicted octanol–water partition coefficient (Wildman–Crippen LogP) is 4.49. The van der Waals surface area contributed by atoms with Crippen molar-refractivity contribution in [1.82, 2.24) is 35.1 Å². The summed E-state index contributed by atoms with van der Waals surface area (Å²) in [7, 11) is 0. The van der Waals surface area contributed by atoms with Crippen LogP contribution in [0, 0.1) is 6.92 Å². The van der Waals surface area contributed by atoms with Gasteiger partial charge in [-0.3, -0.25) is 14.7 Å². The van der Waals surface area contributed by atoms with E-state index < -0.39 is 0 Å². The largest absolute Gasteiger partial charge is 0.322 e. The van der Waals surface area contributed by atoms with E-state index in [1.165, 1.54) is 18.4 Å². The molecule has 0 radical (unpaired) electrons. The smallest absolute Gasteiger partial charge is 0.252 e. The van der Waals surface area contributed by atoms with Crippen molar-refractivity contribution in [2.75, 3.05) is 0 Å². The minimum Gasteiger partial charge on any atom is -0.322 e. The molecule has 3 heterocycles. The highest BCUT2D eigenvalue weighted by Crippen LogP contribution is 2.33. The second-order valence-corrected chi connectivity index (χ2v) is 9.32. The van der Waals surface area contributed by atoms with Crippen LogP contribution in [-0.2, 0) is 13.1 Å². The molecule has 1 aromatic carbocycles. The summed E-state index contributed by atoms with van der Waals surface area (Å²) in [5.41, 5.74) is 3.79. The normalized spacial score (nSPS) is 15.4. The summed E-state index contributed by atoms with van der Waals surface area (Å²) < 4.78 is 2.03. The van der Waals surface area contributed by atoms with Gasteiger partial charge in [0.15, 0.2) is 5.82 Å². The van der Waals surface area contributed by atoms with E-state index in [2.05, 4.69) is 56.4 Å². The second-order valence-electron chi connectivity index (χ2n) is 9.32. The molecule has 1 saturated carbocycles. The number of tetrazole rings is 1. The number of rotatable bonds is 8. The second kappa shape index (κ2) is 9.85. The number of nitrogens with one attached hydrogen (secondary N) is 1. The fourth-order valence-electron chi connectivity index (χ4n) is 5.14. The van der Waals surface area contributed by atoms with Gasteiger partial charge in [-0.15, -0.1) is 5.10 Å². The van der Waals surface area contributed by atoms with Gasteiger partial charge in [0.1, 0.15) is 0 Å². The molecule has 3 aromatic heterocycles. The average Bonchev–Trinajstić information content (AvgIpc) is 3.53. The Hall–Kier alpha value is -3.39. The van der Waals surface area contributed by atoms with E-state index in [1.54, 1.807) is 6.20 Å². The Morgan fingerprint density at radius 2 is 2.03 bits per heavy atom. The van der Waals surface area contributed by atoms with Crippen molar-refractivity contribution in [2.24, 2.45) is 0 Å². The molecule has 1 aliphatic rings. The van der Waals surface area contributed by atoms with E-state index in [0.29, 0.717) is 19.1 Å². The standard InChI is InChI=1S/C26H31N7O/c1-3-24(25-29-30-31-33(25)22-8-4-5-9-22)32(16-19-7-6-12-27-15-19)17-21-14-20-13-18(2)10-11-23(20)28-26(21)34/h6-7,10-15,22,24H,3-5,8-9,16-17H2,1-2H3,(H,28,34). The molecule has 0 bridgehead atoms. The van der Waals surface area contributed by atoms with Crippen LogP contribution in [-0.4, -0.2) is 35.1 Å². The summed E-state index contributed by atoms with van der Waals surface area (Å²) in [6.07, 6.45) is 9.15. The molecule has 5 rings (SSSR count). The van der Waals surface area contributed by atoms with Crippen LogP contribution in [0.3, 0.4) is 0 Å². The molecular formula is C26H31N7O. The molecule has 1 fully saturated rings. The number of aromatic amines is 1. The molecule has 34 heavy (non-hydrogen) atoms. The molecule has 8 heteroatoms. The number of aromatic nitrogens is 6. The van der Waals surface area contributed by atoms with Crippen LogP contribution in [0.1, 0.15) is 73.6 Å². The Bertz CT molecular complexity index is 1310. The highest BCUT2D eigenvalue weighted by atomic mass is 16.1. The molecule has 0 spiro atoms. The van der Waals surface area contributed by atoms with Crippen molar-refractivity contribution in [3.63, 3.8) is 0 Å². The third-order valence-corrected chi connectivity index (χ3v) is 6.87. The van der Waals surface area contributed by atoms with Crippen LogP contribution in [0.5, 0.6) is 0 Å². The van der Waals surface area contributed by atoms with Crippen LogP contribution >= 0.6 is 0 Å². The number of H-pyrrole nitrogens is 1. The first-order valence-electron chi connectivity index (χ1n) is 12.2. The van der Waals surface area contributed by atoms with Gasteiger partial charge in [0.05, 0.1) is 12.1 Å². The molecule has 1 unspecified atom stereocenters. The summed E-state index contributed by atoms with van der Waals surface area (Å²) >= 11 is 0. The first-order valence-corrected chi connectivity index (χ1v) is 12.2. The van der Waals surface area contributed by atoms with Crippen molar-refractivity contribution in [2.45, 2.75) is 71.1 Å². The maximum atomic E-state index is 13.0. The van der Waals surface area contributed by atoms with Gasteiger partial charge < -0.3 is 4.98 Å². The Morgan fingerprint density at radius 1 is 1.18 bits per heavy atom. The van der Waals surface area contributed by atoms with Gasteiger partial charge >= 0.3 is 0 Å². The van der Waals surface area contributed by atoms with Crippen molar-refractivity contribution in [3.05, 3.63) is 81.7 Å². The first kappa shape index (κ1) is 22.4. The van der Waals surface area contributed by atoms with Gasteiger partial charge in [-0.2, -0.15) is 0 Å². The number of hydrogen-bond donors (Lipinski definition) is 1. The van der Waals surface area contributed by atoms with Crippen LogP contribution in [0.15, 0.2) is 53.6 Å². The molecule has 1 aliphatic carbocycles. The number of fused-ring (bicyclic) bond motifs is 1. The molecule has 1 N–H and O–H groups in total.